The number of hydrogen-bond donors (Lipinski definition) is 1. The van der Waals surface area contributed by atoms with Gasteiger partial charge in [0.05, 0.1) is 20.3 Å². The normalized spacial score (nSPS) is 10.0. The van der Waals surface area contributed by atoms with E-state index in [0.717, 1.165) is 0 Å². The topological polar surface area (TPSA) is 49.8 Å². The number of methoxy groups -OCH3 is 1. The van der Waals surface area contributed by atoms with E-state index in [-0.39, 0.29) is 19.1 Å². The van der Waals surface area contributed by atoms with Gasteiger partial charge in [-0.2, -0.15) is 0 Å². The predicted octanol–water partition coefficient (Wildman–Crippen LogP) is -0.917. The molecule has 0 aliphatic rings. The summed E-state index contributed by atoms with van der Waals surface area (Å²) in [4.78, 5) is 12.2. The van der Waals surface area contributed by atoms with E-state index in [2.05, 4.69) is 4.74 Å². The third-order valence-electron chi connectivity index (χ3n) is 1.11. The zero-order valence-electron chi connectivity index (χ0n) is 6.33. The molecule has 0 saturated heterocycles. The van der Waals surface area contributed by atoms with Crippen LogP contribution in [0.2, 0.25) is 0 Å². The van der Waals surface area contributed by atoms with Crippen molar-refractivity contribution in [3.63, 3.8) is 0 Å². The summed E-state index contributed by atoms with van der Waals surface area (Å²) in [6.07, 6.45) is 0. The Bertz CT molecular complexity index is 105. The van der Waals surface area contributed by atoms with Crippen molar-refractivity contribution in [3.05, 3.63) is 0 Å². The first-order chi connectivity index (χ1) is 4.70. The Morgan fingerprint density at radius 3 is 2.70 bits per heavy atom. The van der Waals surface area contributed by atoms with E-state index in [1.807, 2.05) is 0 Å². The maximum atomic E-state index is 10.6. The van der Waals surface area contributed by atoms with Crippen LogP contribution in [0.3, 0.4) is 0 Å². The van der Waals surface area contributed by atoms with Crippen LogP contribution in [0.15, 0.2) is 0 Å². The van der Waals surface area contributed by atoms with Crippen LogP contribution in [-0.2, 0) is 9.53 Å². The number of esters is 1. The average molecular weight is 147 g/mol. The van der Waals surface area contributed by atoms with E-state index in [9.17, 15) is 4.79 Å². The van der Waals surface area contributed by atoms with Gasteiger partial charge >= 0.3 is 5.97 Å². The molecule has 0 unspecified atom stereocenters. The van der Waals surface area contributed by atoms with Crippen LogP contribution < -0.4 is 0 Å². The zero-order chi connectivity index (χ0) is 7.98. The van der Waals surface area contributed by atoms with Gasteiger partial charge in [0.25, 0.3) is 0 Å². The van der Waals surface area contributed by atoms with Crippen molar-refractivity contribution in [2.45, 2.75) is 0 Å². The number of hydrogen-bond acceptors (Lipinski definition) is 4. The highest BCUT2D eigenvalue weighted by Crippen LogP contribution is 1.82. The van der Waals surface area contributed by atoms with Crippen molar-refractivity contribution >= 4 is 5.97 Å². The first-order valence-corrected chi connectivity index (χ1v) is 3.07. The first-order valence-electron chi connectivity index (χ1n) is 3.07. The van der Waals surface area contributed by atoms with Crippen LogP contribution in [0, 0.1) is 0 Å². The maximum absolute atomic E-state index is 10.6. The van der Waals surface area contributed by atoms with E-state index in [4.69, 9.17) is 5.11 Å². The van der Waals surface area contributed by atoms with Gasteiger partial charge in [-0.1, -0.05) is 0 Å². The summed E-state index contributed by atoms with van der Waals surface area (Å²) in [7, 11) is 3.09. The molecular weight excluding hydrogens is 134 g/mol. The van der Waals surface area contributed by atoms with Gasteiger partial charge < -0.3 is 9.84 Å². The third-order valence-corrected chi connectivity index (χ3v) is 1.11. The number of rotatable bonds is 4. The molecule has 0 heterocycles. The lowest BCUT2D eigenvalue weighted by molar-refractivity contribution is -0.141. The lowest BCUT2D eigenvalue weighted by atomic mass is 10.5. The Labute approximate surface area is 60.4 Å². The van der Waals surface area contributed by atoms with Crippen molar-refractivity contribution in [3.8, 4) is 0 Å². The number of aliphatic hydroxyl groups is 1. The molecule has 1 N–H and O–H groups in total. The molecule has 0 aromatic rings. The van der Waals surface area contributed by atoms with Gasteiger partial charge in [0.1, 0.15) is 0 Å². The highest BCUT2D eigenvalue weighted by Gasteiger charge is 2.03. The van der Waals surface area contributed by atoms with Gasteiger partial charge in [0.15, 0.2) is 0 Å². The molecule has 0 amide bonds. The molecule has 4 heteroatoms. The van der Waals surface area contributed by atoms with E-state index < -0.39 is 0 Å². The van der Waals surface area contributed by atoms with Crippen LogP contribution in [0.5, 0.6) is 0 Å². The molecule has 60 valence electrons. The largest absolute Gasteiger partial charge is 0.468 e. The molecule has 0 spiro atoms. The lowest BCUT2D eigenvalue weighted by Gasteiger charge is -2.12. The molecule has 0 aliphatic carbocycles. The molecule has 4 nitrogen and oxygen atoms in total. The van der Waals surface area contributed by atoms with E-state index >= 15 is 0 Å². The zero-order valence-corrected chi connectivity index (χ0v) is 6.33. The van der Waals surface area contributed by atoms with Crippen molar-refractivity contribution in [1.29, 1.82) is 0 Å². The summed E-state index contributed by atoms with van der Waals surface area (Å²) in [5.74, 6) is -0.282. The molecule has 0 aliphatic heterocycles. The molecule has 0 aromatic carbocycles. The molecule has 0 atom stereocenters. The quantitative estimate of drug-likeness (QED) is 0.523. The van der Waals surface area contributed by atoms with Gasteiger partial charge in [0, 0.05) is 6.54 Å². The third kappa shape index (κ3) is 4.29. The minimum atomic E-state index is -0.282. The molecule has 0 bridgehead atoms. The Morgan fingerprint density at radius 2 is 2.30 bits per heavy atom. The number of nitrogens with zero attached hydrogens (tertiary/aromatic N) is 1. The molecule has 0 aromatic heterocycles. The number of likely N-dealkylation sites (N-methyl/N-ethyl adjacent to an activating group) is 1. The fourth-order valence-electron chi connectivity index (χ4n) is 0.535. The number of aliphatic hydroxyl groups excluding tert-OH is 1. The highest BCUT2D eigenvalue weighted by atomic mass is 16.5. The molecule has 0 fully saturated rings. The summed E-state index contributed by atoms with van der Waals surface area (Å²) < 4.78 is 4.40. The Balaban J connectivity index is 3.37. The van der Waals surface area contributed by atoms with E-state index in [1.165, 1.54) is 7.11 Å². The second-order valence-electron chi connectivity index (χ2n) is 2.04. The molecule has 10 heavy (non-hydrogen) atoms. The predicted molar refractivity (Wildman–Crippen MR) is 36.6 cm³/mol. The smallest absolute Gasteiger partial charge is 0.319 e. The van der Waals surface area contributed by atoms with Gasteiger partial charge in [-0.15, -0.1) is 0 Å². The van der Waals surface area contributed by atoms with Crippen molar-refractivity contribution in [1.82, 2.24) is 4.90 Å². The van der Waals surface area contributed by atoms with Crippen molar-refractivity contribution < 1.29 is 14.6 Å². The molecule has 0 saturated carbocycles. The fourth-order valence-corrected chi connectivity index (χ4v) is 0.535. The average Bonchev–Trinajstić information content (AvgIpc) is 1.88. The number of carbonyl (C=O) groups is 1. The first kappa shape index (κ1) is 9.39. The minimum absolute atomic E-state index is 0.0630. The van der Waals surface area contributed by atoms with Gasteiger partial charge in [0.2, 0.25) is 0 Å². The minimum Gasteiger partial charge on any atom is -0.468 e. The van der Waals surface area contributed by atoms with Crippen LogP contribution in [0.25, 0.3) is 0 Å². The summed E-state index contributed by atoms with van der Waals surface area (Å²) in [6, 6.07) is 0. The monoisotopic (exact) mass is 147 g/mol. The SMILES string of the molecule is COC(=O)CN(C)CCO. The second kappa shape index (κ2) is 5.20. The molecular formula is C6H13NO3. The summed E-state index contributed by atoms with van der Waals surface area (Å²) in [5, 5.41) is 8.43. The van der Waals surface area contributed by atoms with Crippen LogP contribution in [-0.4, -0.2) is 49.8 Å². The number of carbonyl (C=O) groups excluding carboxylic acids is 1. The molecule has 0 rings (SSSR count). The summed E-state index contributed by atoms with van der Waals surface area (Å²) in [6.45, 7) is 0.791. The maximum Gasteiger partial charge on any atom is 0.319 e. The second-order valence-corrected chi connectivity index (χ2v) is 2.04. The Morgan fingerprint density at radius 1 is 1.70 bits per heavy atom. The van der Waals surface area contributed by atoms with Gasteiger partial charge in [-0.05, 0) is 7.05 Å². The summed E-state index contributed by atoms with van der Waals surface area (Å²) >= 11 is 0. The standard InChI is InChI=1S/C6H13NO3/c1-7(3-4-8)5-6(9)10-2/h8H,3-5H2,1-2H3. The Hall–Kier alpha value is -0.610. The lowest BCUT2D eigenvalue weighted by Crippen LogP contribution is -2.29. The van der Waals surface area contributed by atoms with Gasteiger partial charge in [-0.3, -0.25) is 9.69 Å². The fraction of sp³-hybridized carbons (Fsp3) is 0.833. The summed E-state index contributed by atoms with van der Waals surface area (Å²) in [5.41, 5.74) is 0. The molecule has 0 radical (unpaired) electrons. The van der Waals surface area contributed by atoms with Crippen molar-refractivity contribution in [2.24, 2.45) is 0 Å². The van der Waals surface area contributed by atoms with E-state index in [0.29, 0.717) is 6.54 Å². The van der Waals surface area contributed by atoms with Crippen LogP contribution >= 0.6 is 0 Å². The van der Waals surface area contributed by atoms with E-state index in [1.54, 1.807) is 11.9 Å². The Kier molecular flexibility index (Phi) is 4.88. The van der Waals surface area contributed by atoms with Gasteiger partial charge in [-0.25, -0.2) is 0 Å². The number of ether oxygens (including phenoxy) is 1. The van der Waals surface area contributed by atoms with Crippen LogP contribution in [0.1, 0.15) is 0 Å². The van der Waals surface area contributed by atoms with Crippen molar-refractivity contribution in [2.75, 3.05) is 33.9 Å². The van der Waals surface area contributed by atoms with Crippen LogP contribution in [0.4, 0.5) is 0 Å². The highest BCUT2D eigenvalue weighted by molar-refractivity contribution is 5.71.